The van der Waals surface area contributed by atoms with Crippen LogP contribution < -0.4 is 10.1 Å². The Hall–Kier alpha value is -3.11. The highest BCUT2D eigenvalue weighted by atomic mass is 19.4. The number of imide groups is 1. The SMILES string of the molecule is CC(OC(=O)CN1C(=O)C2CCCCC2C1=O)C(=O)Nc1ccc(OC(F)(F)F)cc1. The Bertz CT molecular complexity index is 847. The molecule has 3 rings (SSSR count). The van der Waals surface area contributed by atoms with Gasteiger partial charge in [0.05, 0.1) is 11.8 Å². The van der Waals surface area contributed by atoms with Crippen molar-refractivity contribution in [3.8, 4) is 5.75 Å². The summed E-state index contributed by atoms with van der Waals surface area (Å²) in [5.41, 5.74) is 0.163. The number of halogens is 3. The van der Waals surface area contributed by atoms with Crippen molar-refractivity contribution in [3.05, 3.63) is 24.3 Å². The number of hydrogen-bond donors (Lipinski definition) is 1. The Kier molecular flexibility index (Phi) is 6.51. The zero-order valence-electron chi connectivity index (χ0n) is 16.6. The molecule has 8 nitrogen and oxygen atoms in total. The van der Waals surface area contributed by atoms with Crippen molar-refractivity contribution in [2.75, 3.05) is 11.9 Å². The third-order valence-corrected chi connectivity index (χ3v) is 5.25. The highest BCUT2D eigenvalue weighted by Gasteiger charge is 2.48. The number of carbonyl (C=O) groups excluding carboxylic acids is 4. The Labute approximate surface area is 175 Å². The van der Waals surface area contributed by atoms with Gasteiger partial charge >= 0.3 is 12.3 Å². The fraction of sp³-hybridized carbons (Fsp3) is 0.500. The number of anilines is 1. The normalized spacial score (nSPS) is 22.0. The molecule has 0 radical (unpaired) electrons. The number of fused-ring (bicyclic) bond motifs is 1. The number of likely N-dealkylation sites (tertiary alicyclic amines) is 1. The molecular weight excluding hydrogens is 421 g/mol. The molecule has 1 aliphatic carbocycles. The van der Waals surface area contributed by atoms with Crippen LogP contribution >= 0.6 is 0 Å². The predicted octanol–water partition coefficient (Wildman–Crippen LogP) is 2.63. The number of hydrogen-bond acceptors (Lipinski definition) is 6. The molecule has 168 valence electrons. The summed E-state index contributed by atoms with van der Waals surface area (Å²) in [6.07, 6.45) is -3.13. The molecule has 1 aromatic carbocycles. The molecule has 11 heteroatoms. The van der Waals surface area contributed by atoms with Gasteiger partial charge in [-0.25, -0.2) is 0 Å². The van der Waals surface area contributed by atoms with Crippen molar-refractivity contribution in [2.45, 2.75) is 45.1 Å². The van der Waals surface area contributed by atoms with E-state index in [-0.39, 0.29) is 29.3 Å². The molecule has 2 fully saturated rings. The summed E-state index contributed by atoms with van der Waals surface area (Å²) in [6.45, 7) is 0.730. The van der Waals surface area contributed by atoms with E-state index in [2.05, 4.69) is 10.1 Å². The first-order chi connectivity index (χ1) is 14.5. The van der Waals surface area contributed by atoms with E-state index in [1.807, 2.05) is 0 Å². The first kappa shape index (κ1) is 22.6. The van der Waals surface area contributed by atoms with E-state index < -0.39 is 36.6 Å². The van der Waals surface area contributed by atoms with Crippen molar-refractivity contribution in [2.24, 2.45) is 11.8 Å². The molecule has 1 aliphatic heterocycles. The van der Waals surface area contributed by atoms with Gasteiger partial charge in [-0.2, -0.15) is 0 Å². The van der Waals surface area contributed by atoms with E-state index in [0.717, 1.165) is 29.9 Å². The molecule has 1 aromatic rings. The number of alkyl halides is 3. The maximum absolute atomic E-state index is 12.4. The third-order valence-electron chi connectivity index (χ3n) is 5.25. The number of amides is 3. The first-order valence-corrected chi connectivity index (χ1v) is 9.76. The molecule has 1 N–H and O–H groups in total. The molecule has 3 unspecified atom stereocenters. The zero-order valence-corrected chi connectivity index (χ0v) is 16.6. The number of benzene rings is 1. The Morgan fingerprint density at radius 1 is 1.10 bits per heavy atom. The van der Waals surface area contributed by atoms with E-state index in [0.29, 0.717) is 12.8 Å². The molecule has 1 saturated carbocycles. The standard InChI is InChI=1S/C20H21F3N2O6/c1-11(17(27)24-12-6-8-13(9-7-12)31-20(21,22)23)30-16(26)10-25-18(28)14-4-2-3-5-15(14)19(25)29/h6-9,11,14-15H,2-5,10H2,1H3,(H,24,27). The van der Waals surface area contributed by atoms with Gasteiger partial charge in [-0.05, 0) is 44.0 Å². The van der Waals surface area contributed by atoms with E-state index in [4.69, 9.17) is 4.74 Å². The molecule has 31 heavy (non-hydrogen) atoms. The lowest BCUT2D eigenvalue weighted by Crippen LogP contribution is -2.39. The van der Waals surface area contributed by atoms with Gasteiger partial charge in [0.1, 0.15) is 12.3 Å². The summed E-state index contributed by atoms with van der Waals surface area (Å²) >= 11 is 0. The number of ether oxygens (including phenoxy) is 2. The molecule has 2 aliphatic rings. The monoisotopic (exact) mass is 442 g/mol. The summed E-state index contributed by atoms with van der Waals surface area (Å²) in [4.78, 5) is 50.0. The van der Waals surface area contributed by atoms with E-state index in [9.17, 15) is 32.3 Å². The van der Waals surface area contributed by atoms with Crippen molar-refractivity contribution in [1.82, 2.24) is 4.90 Å². The van der Waals surface area contributed by atoms with Crippen LogP contribution in [0.1, 0.15) is 32.6 Å². The molecule has 0 spiro atoms. The lowest BCUT2D eigenvalue weighted by Gasteiger charge is -2.19. The third kappa shape index (κ3) is 5.53. The highest BCUT2D eigenvalue weighted by Crippen LogP contribution is 2.37. The van der Waals surface area contributed by atoms with Crippen LogP contribution in [0.5, 0.6) is 5.75 Å². The minimum absolute atomic E-state index is 0.163. The summed E-state index contributed by atoms with van der Waals surface area (Å²) in [7, 11) is 0. The van der Waals surface area contributed by atoms with Crippen molar-refractivity contribution < 1.29 is 41.8 Å². The van der Waals surface area contributed by atoms with Gasteiger partial charge in [0.2, 0.25) is 11.8 Å². The zero-order chi connectivity index (χ0) is 22.8. The summed E-state index contributed by atoms with van der Waals surface area (Å²) in [5, 5.41) is 2.39. The summed E-state index contributed by atoms with van der Waals surface area (Å²) < 4.78 is 45.3. The van der Waals surface area contributed by atoms with Crippen molar-refractivity contribution >= 4 is 29.4 Å². The molecule has 1 saturated heterocycles. The van der Waals surface area contributed by atoms with Gasteiger partial charge in [-0.1, -0.05) is 12.8 Å². The van der Waals surface area contributed by atoms with Crippen LogP contribution in [0.2, 0.25) is 0 Å². The maximum Gasteiger partial charge on any atom is 0.573 e. The second kappa shape index (κ2) is 8.94. The van der Waals surface area contributed by atoms with Crippen molar-refractivity contribution in [3.63, 3.8) is 0 Å². The molecule has 0 bridgehead atoms. The Morgan fingerprint density at radius 2 is 1.65 bits per heavy atom. The molecule has 0 aromatic heterocycles. The average molecular weight is 442 g/mol. The number of rotatable bonds is 6. The van der Waals surface area contributed by atoms with Crippen molar-refractivity contribution in [1.29, 1.82) is 0 Å². The second-order valence-electron chi connectivity index (χ2n) is 7.45. The van der Waals surface area contributed by atoms with Gasteiger partial charge in [0, 0.05) is 5.69 Å². The van der Waals surface area contributed by atoms with Crippen LogP contribution in [0, 0.1) is 11.8 Å². The van der Waals surface area contributed by atoms with Crippen LogP contribution in [-0.4, -0.2) is 47.6 Å². The Morgan fingerprint density at radius 3 is 2.16 bits per heavy atom. The van der Waals surface area contributed by atoms with Gasteiger partial charge < -0.3 is 14.8 Å². The fourth-order valence-corrected chi connectivity index (χ4v) is 3.79. The lowest BCUT2D eigenvalue weighted by atomic mass is 9.81. The predicted molar refractivity (Wildman–Crippen MR) is 99.5 cm³/mol. The number of nitrogens with zero attached hydrogens (tertiary/aromatic N) is 1. The highest BCUT2D eigenvalue weighted by molar-refractivity contribution is 6.07. The minimum Gasteiger partial charge on any atom is -0.451 e. The first-order valence-electron chi connectivity index (χ1n) is 9.76. The second-order valence-corrected chi connectivity index (χ2v) is 7.45. The van der Waals surface area contributed by atoms with Gasteiger partial charge in [-0.3, -0.25) is 24.1 Å². The van der Waals surface area contributed by atoms with Gasteiger partial charge in [0.25, 0.3) is 5.91 Å². The fourth-order valence-electron chi connectivity index (χ4n) is 3.79. The molecule has 3 atom stereocenters. The van der Waals surface area contributed by atoms with E-state index in [1.165, 1.54) is 19.1 Å². The van der Waals surface area contributed by atoms with E-state index in [1.54, 1.807) is 0 Å². The van der Waals surface area contributed by atoms with E-state index >= 15 is 0 Å². The molecular formula is C20H21F3N2O6. The number of esters is 1. The maximum atomic E-state index is 12.4. The van der Waals surface area contributed by atoms with Gasteiger partial charge in [0.15, 0.2) is 6.10 Å². The van der Waals surface area contributed by atoms with Crippen LogP contribution in [0.3, 0.4) is 0 Å². The van der Waals surface area contributed by atoms with Crippen LogP contribution in [0.15, 0.2) is 24.3 Å². The van der Waals surface area contributed by atoms with Crippen LogP contribution in [0.25, 0.3) is 0 Å². The topological polar surface area (TPSA) is 102 Å². The van der Waals surface area contributed by atoms with Gasteiger partial charge in [-0.15, -0.1) is 13.2 Å². The molecule has 1 heterocycles. The number of nitrogens with one attached hydrogen (secondary N) is 1. The summed E-state index contributed by atoms with van der Waals surface area (Å²) in [6, 6.07) is 4.42. The molecule has 3 amide bonds. The summed E-state index contributed by atoms with van der Waals surface area (Å²) in [5.74, 6) is -3.64. The van der Waals surface area contributed by atoms with Crippen LogP contribution in [-0.2, 0) is 23.9 Å². The quantitative estimate of drug-likeness (QED) is 0.537. The smallest absolute Gasteiger partial charge is 0.451 e. The Balaban J connectivity index is 1.51. The number of carbonyl (C=O) groups is 4. The average Bonchev–Trinajstić information content (AvgIpc) is 2.93. The minimum atomic E-state index is -4.83. The lowest BCUT2D eigenvalue weighted by molar-refractivity contribution is -0.274. The van der Waals surface area contributed by atoms with Crippen LogP contribution in [0.4, 0.5) is 18.9 Å². The largest absolute Gasteiger partial charge is 0.573 e.